The minimum Gasteiger partial charge on any atom is -0.489 e. The number of sulfonamides is 1. The fourth-order valence-corrected chi connectivity index (χ4v) is 5.89. The molecule has 1 aromatic heterocycles. The second-order valence-electron chi connectivity index (χ2n) is 7.61. The number of piperazine rings is 1. The van der Waals surface area contributed by atoms with Crippen LogP contribution >= 0.6 is 11.3 Å². The highest BCUT2D eigenvalue weighted by atomic mass is 32.2. The molecule has 3 aromatic rings. The lowest BCUT2D eigenvalue weighted by Gasteiger charge is -2.33. The van der Waals surface area contributed by atoms with Gasteiger partial charge in [0.05, 0.1) is 9.77 Å². The van der Waals surface area contributed by atoms with Gasteiger partial charge in [-0.2, -0.15) is 4.31 Å². The molecule has 0 saturated carbocycles. The smallest absolute Gasteiger partial charge is 0.264 e. The van der Waals surface area contributed by atoms with Crippen LogP contribution in [0, 0.1) is 0 Å². The van der Waals surface area contributed by atoms with Crippen LogP contribution in [0.4, 0.5) is 0 Å². The van der Waals surface area contributed by atoms with E-state index in [1.54, 1.807) is 35.2 Å². The van der Waals surface area contributed by atoms with E-state index in [0.29, 0.717) is 24.6 Å². The maximum absolute atomic E-state index is 12.9. The van der Waals surface area contributed by atoms with Crippen LogP contribution in [-0.4, -0.2) is 49.7 Å². The van der Waals surface area contributed by atoms with E-state index in [9.17, 15) is 13.2 Å². The van der Waals surface area contributed by atoms with E-state index in [-0.39, 0.29) is 23.9 Å². The van der Waals surface area contributed by atoms with Crippen LogP contribution in [0.25, 0.3) is 0 Å². The molecule has 168 valence electrons. The third-order valence-corrected chi connectivity index (χ3v) is 8.39. The van der Waals surface area contributed by atoms with Crippen LogP contribution in [0.1, 0.15) is 27.7 Å². The van der Waals surface area contributed by atoms with Crippen LogP contribution in [0.15, 0.2) is 70.9 Å². The number of amides is 1. The third-order valence-electron chi connectivity index (χ3n) is 5.51. The number of thiophene rings is 1. The average Bonchev–Trinajstić information content (AvgIpc) is 3.32. The van der Waals surface area contributed by atoms with Crippen molar-refractivity contribution in [2.75, 3.05) is 26.2 Å². The summed E-state index contributed by atoms with van der Waals surface area (Å²) in [5.41, 5.74) is 2.21. The third kappa shape index (κ3) is 5.03. The summed E-state index contributed by atoms with van der Waals surface area (Å²) in [5, 5.41) is 1.93. The first-order valence-electron chi connectivity index (χ1n) is 10.6. The van der Waals surface area contributed by atoms with Crippen molar-refractivity contribution in [3.05, 3.63) is 82.0 Å². The highest BCUT2D eigenvalue weighted by Gasteiger charge is 2.30. The summed E-state index contributed by atoms with van der Waals surface area (Å²) in [7, 11) is -3.53. The minimum absolute atomic E-state index is 0.0645. The Morgan fingerprint density at radius 2 is 1.66 bits per heavy atom. The van der Waals surface area contributed by atoms with Gasteiger partial charge in [0, 0.05) is 31.7 Å². The van der Waals surface area contributed by atoms with Gasteiger partial charge in [-0.05, 0) is 47.7 Å². The fraction of sp³-hybridized carbons (Fsp3) is 0.292. The second-order valence-corrected chi connectivity index (χ2v) is 10.5. The quantitative estimate of drug-likeness (QED) is 0.523. The summed E-state index contributed by atoms with van der Waals surface area (Å²) < 4.78 is 32.8. The first-order valence-corrected chi connectivity index (χ1v) is 12.9. The van der Waals surface area contributed by atoms with Crippen molar-refractivity contribution in [2.24, 2.45) is 0 Å². The lowest BCUT2D eigenvalue weighted by molar-refractivity contribution is 0.0702. The fourth-order valence-electron chi connectivity index (χ4n) is 3.58. The normalized spacial score (nSPS) is 15.0. The van der Waals surface area contributed by atoms with Crippen molar-refractivity contribution >= 4 is 27.3 Å². The molecule has 0 bridgehead atoms. The molecule has 2 aromatic carbocycles. The summed E-state index contributed by atoms with van der Waals surface area (Å²) >= 11 is 1.39. The standard InChI is InChI=1S/C24H26N2O4S2/c1-2-19-8-10-21(11-9-19)30-17-20-16-23(31-18-20)24(27)25-12-14-26(15-13-25)32(28,29)22-6-4-3-5-7-22/h3-11,16,18H,2,12-15,17H2,1H3. The van der Waals surface area contributed by atoms with E-state index in [1.165, 1.54) is 21.2 Å². The van der Waals surface area contributed by atoms with Crippen molar-refractivity contribution in [2.45, 2.75) is 24.8 Å². The van der Waals surface area contributed by atoms with E-state index in [0.717, 1.165) is 17.7 Å². The van der Waals surface area contributed by atoms with E-state index in [4.69, 9.17) is 4.74 Å². The molecule has 0 radical (unpaired) electrons. The molecule has 0 atom stereocenters. The molecule has 0 aliphatic carbocycles. The zero-order valence-electron chi connectivity index (χ0n) is 17.9. The van der Waals surface area contributed by atoms with E-state index in [1.807, 2.05) is 23.6 Å². The van der Waals surface area contributed by atoms with Crippen molar-refractivity contribution in [3.63, 3.8) is 0 Å². The number of benzene rings is 2. The van der Waals surface area contributed by atoms with Gasteiger partial charge in [-0.25, -0.2) is 8.42 Å². The number of carbonyl (C=O) groups is 1. The van der Waals surface area contributed by atoms with E-state index < -0.39 is 10.0 Å². The van der Waals surface area contributed by atoms with Crippen LogP contribution in [0.2, 0.25) is 0 Å². The number of carbonyl (C=O) groups excluding carboxylic acids is 1. The van der Waals surface area contributed by atoms with Gasteiger partial charge in [0.1, 0.15) is 12.4 Å². The molecular weight excluding hydrogens is 444 g/mol. The summed E-state index contributed by atoms with van der Waals surface area (Å²) in [6, 6.07) is 18.3. The molecule has 1 fully saturated rings. The molecular formula is C24H26N2O4S2. The zero-order chi connectivity index (χ0) is 22.6. The lowest BCUT2D eigenvalue weighted by atomic mass is 10.2. The van der Waals surface area contributed by atoms with Gasteiger partial charge in [0.2, 0.25) is 10.0 Å². The summed E-state index contributed by atoms with van der Waals surface area (Å²) in [4.78, 5) is 15.6. The first kappa shape index (κ1) is 22.5. The molecule has 1 aliphatic rings. The zero-order valence-corrected chi connectivity index (χ0v) is 19.6. The molecule has 2 heterocycles. The molecule has 1 saturated heterocycles. The van der Waals surface area contributed by atoms with Crippen molar-refractivity contribution in [1.82, 2.24) is 9.21 Å². The average molecular weight is 471 g/mol. The molecule has 0 spiro atoms. The Bertz CT molecular complexity index is 1150. The second kappa shape index (κ2) is 9.85. The highest BCUT2D eigenvalue weighted by molar-refractivity contribution is 7.89. The van der Waals surface area contributed by atoms with Crippen LogP contribution in [0.3, 0.4) is 0 Å². The molecule has 0 N–H and O–H groups in total. The molecule has 0 unspecified atom stereocenters. The van der Waals surface area contributed by atoms with Crippen molar-refractivity contribution < 1.29 is 17.9 Å². The number of rotatable bonds is 7. The Labute approximate surface area is 193 Å². The number of hydrogen-bond donors (Lipinski definition) is 0. The van der Waals surface area contributed by atoms with Crippen molar-refractivity contribution in [1.29, 1.82) is 0 Å². The van der Waals surface area contributed by atoms with Gasteiger partial charge >= 0.3 is 0 Å². The van der Waals surface area contributed by atoms with E-state index in [2.05, 4.69) is 19.1 Å². The van der Waals surface area contributed by atoms with Crippen LogP contribution < -0.4 is 4.74 Å². The Hall–Kier alpha value is -2.68. The molecule has 32 heavy (non-hydrogen) atoms. The Morgan fingerprint density at radius 1 is 0.969 bits per heavy atom. The summed E-state index contributed by atoms with van der Waals surface area (Å²) in [5.74, 6) is 0.738. The van der Waals surface area contributed by atoms with Gasteiger partial charge in [-0.15, -0.1) is 11.3 Å². The highest BCUT2D eigenvalue weighted by Crippen LogP contribution is 2.22. The molecule has 8 heteroatoms. The van der Waals surface area contributed by atoms with Gasteiger partial charge in [-0.1, -0.05) is 37.3 Å². The van der Waals surface area contributed by atoms with Crippen LogP contribution in [0.5, 0.6) is 5.75 Å². The topological polar surface area (TPSA) is 66.9 Å². The maximum atomic E-state index is 12.9. The molecule has 1 aliphatic heterocycles. The Kier molecular flexibility index (Phi) is 6.93. The Balaban J connectivity index is 1.32. The predicted molar refractivity (Wildman–Crippen MR) is 126 cm³/mol. The number of nitrogens with zero attached hydrogens (tertiary/aromatic N) is 2. The Morgan fingerprint density at radius 3 is 2.31 bits per heavy atom. The largest absolute Gasteiger partial charge is 0.489 e. The maximum Gasteiger partial charge on any atom is 0.264 e. The van der Waals surface area contributed by atoms with Crippen molar-refractivity contribution in [3.8, 4) is 5.75 Å². The molecule has 1 amide bonds. The number of hydrogen-bond acceptors (Lipinski definition) is 5. The molecule has 6 nitrogen and oxygen atoms in total. The SMILES string of the molecule is CCc1ccc(OCc2csc(C(=O)N3CCN(S(=O)(=O)c4ccccc4)CC3)c2)cc1. The van der Waals surface area contributed by atoms with Crippen LogP contribution in [-0.2, 0) is 23.1 Å². The van der Waals surface area contributed by atoms with Gasteiger partial charge in [-0.3, -0.25) is 4.79 Å². The summed E-state index contributed by atoms with van der Waals surface area (Å²) in [6.07, 6.45) is 0.989. The van der Waals surface area contributed by atoms with Gasteiger partial charge in [0.15, 0.2) is 0 Å². The number of aryl methyl sites for hydroxylation is 1. The molecule has 4 rings (SSSR count). The number of ether oxygens (including phenoxy) is 1. The van der Waals surface area contributed by atoms with Gasteiger partial charge < -0.3 is 9.64 Å². The predicted octanol–water partition coefficient (Wildman–Crippen LogP) is 4.04. The lowest BCUT2D eigenvalue weighted by Crippen LogP contribution is -2.50. The summed E-state index contributed by atoms with van der Waals surface area (Å²) in [6.45, 7) is 3.84. The van der Waals surface area contributed by atoms with Gasteiger partial charge in [0.25, 0.3) is 5.91 Å². The first-order chi connectivity index (χ1) is 15.5. The monoisotopic (exact) mass is 470 g/mol. The van der Waals surface area contributed by atoms with E-state index >= 15 is 0 Å². The minimum atomic E-state index is -3.53.